The van der Waals surface area contributed by atoms with Crippen molar-refractivity contribution in [1.29, 1.82) is 5.26 Å². The number of nitriles is 1. The molecule has 0 amide bonds. The Hall–Kier alpha value is -0.760. The maximum atomic E-state index is 8.85. The summed E-state index contributed by atoms with van der Waals surface area (Å²) >= 11 is 8.57. The van der Waals surface area contributed by atoms with Crippen molar-refractivity contribution in [3.05, 3.63) is 57.0 Å². The number of hydrogen-bond donors (Lipinski definition) is 0. The van der Waals surface area contributed by atoms with Crippen LogP contribution in [0.4, 0.5) is 0 Å². The molecule has 2 aromatic carbocycles. The van der Waals surface area contributed by atoms with Gasteiger partial charge in [-0.15, -0.1) is 0 Å². The minimum Gasteiger partial charge on any atom is -0.192 e. The van der Waals surface area contributed by atoms with E-state index in [1.54, 1.807) is 11.8 Å². The third kappa shape index (κ3) is 3.12. The molecule has 0 radical (unpaired) electrons. The second kappa shape index (κ2) is 5.72. The van der Waals surface area contributed by atoms with Crippen LogP contribution in [0.1, 0.15) is 5.56 Å². The van der Waals surface area contributed by atoms with Crippen molar-refractivity contribution in [1.82, 2.24) is 0 Å². The van der Waals surface area contributed by atoms with Gasteiger partial charge in [0.25, 0.3) is 0 Å². The Kier molecular flexibility index (Phi) is 4.27. The number of nitrogens with zero attached hydrogens (tertiary/aromatic N) is 1. The molecule has 0 unspecified atom stereocenters. The van der Waals surface area contributed by atoms with Crippen molar-refractivity contribution in [2.45, 2.75) is 9.79 Å². The van der Waals surface area contributed by atoms with Crippen molar-refractivity contribution in [3.63, 3.8) is 0 Å². The van der Waals surface area contributed by atoms with E-state index in [4.69, 9.17) is 5.26 Å². The van der Waals surface area contributed by atoms with Crippen LogP contribution in [-0.4, -0.2) is 0 Å². The molecule has 0 aliphatic rings. The third-order valence-corrected chi connectivity index (χ3v) is 4.80. The lowest BCUT2D eigenvalue weighted by Crippen LogP contribution is -1.80. The van der Waals surface area contributed by atoms with Crippen molar-refractivity contribution < 1.29 is 0 Å². The third-order valence-electron chi connectivity index (χ3n) is 2.13. The average Bonchev–Trinajstić information content (AvgIpc) is 2.32. The zero-order valence-corrected chi connectivity index (χ0v) is 12.6. The van der Waals surface area contributed by atoms with Gasteiger partial charge in [0.2, 0.25) is 0 Å². The summed E-state index contributed by atoms with van der Waals surface area (Å²) < 4.78 is 1.91. The van der Waals surface area contributed by atoms with Crippen molar-refractivity contribution >= 4 is 43.6 Å². The summed E-state index contributed by atoms with van der Waals surface area (Å²) in [7, 11) is 0. The molecule has 17 heavy (non-hydrogen) atoms. The molecule has 4 heteroatoms. The van der Waals surface area contributed by atoms with Crippen LogP contribution in [0.25, 0.3) is 0 Å². The number of rotatable bonds is 2. The van der Waals surface area contributed by atoms with Gasteiger partial charge in [-0.2, -0.15) is 5.26 Å². The molecule has 84 valence electrons. The molecule has 0 atom stereocenters. The molecule has 1 nitrogen and oxygen atoms in total. The fourth-order valence-electron chi connectivity index (χ4n) is 1.30. The second-order valence-electron chi connectivity index (χ2n) is 3.29. The van der Waals surface area contributed by atoms with Gasteiger partial charge in [0.05, 0.1) is 5.56 Å². The minimum atomic E-state index is 0.654. The van der Waals surface area contributed by atoms with Crippen LogP contribution >= 0.6 is 43.6 Å². The average molecular weight is 369 g/mol. The normalized spacial score (nSPS) is 9.94. The van der Waals surface area contributed by atoms with Gasteiger partial charge < -0.3 is 0 Å². The van der Waals surface area contributed by atoms with Gasteiger partial charge in [-0.25, -0.2) is 0 Å². The van der Waals surface area contributed by atoms with Crippen molar-refractivity contribution in [2.75, 3.05) is 0 Å². The van der Waals surface area contributed by atoms with E-state index < -0.39 is 0 Å². The van der Waals surface area contributed by atoms with E-state index in [0.29, 0.717) is 5.56 Å². The predicted octanol–water partition coefficient (Wildman–Crippen LogP) is 5.23. The number of halogens is 2. The van der Waals surface area contributed by atoms with Crippen LogP contribution < -0.4 is 0 Å². The Morgan fingerprint density at radius 2 is 1.76 bits per heavy atom. The first kappa shape index (κ1) is 12.7. The summed E-state index contributed by atoms with van der Waals surface area (Å²) in [5.74, 6) is 0. The first-order valence-corrected chi connectivity index (χ1v) is 7.23. The molecule has 2 aromatic rings. The standard InChI is InChI=1S/C13H7Br2NS/c14-11-3-1-2-4-13(11)17-10-6-5-9(8-16)12(15)7-10/h1-7H. The van der Waals surface area contributed by atoms with Crippen LogP contribution in [0.15, 0.2) is 61.2 Å². The highest BCUT2D eigenvalue weighted by molar-refractivity contribution is 9.10. The molecule has 0 saturated heterocycles. The van der Waals surface area contributed by atoms with Crippen LogP contribution in [0.3, 0.4) is 0 Å². The molecule has 0 heterocycles. The lowest BCUT2D eigenvalue weighted by atomic mass is 10.2. The fourth-order valence-corrected chi connectivity index (χ4v) is 3.33. The highest BCUT2D eigenvalue weighted by Gasteiger charge is 2.04. The van der Waals surface area contributed by atoms with Crippen molar-refractivity contribution in [3.8, 4) is 6.07 Å². The van der Waals surface area contributed by atoms with E-state index in [1.165, 1.54) is 0 Å². The van der Waals surface area contributed by atoms with E-state index in [-0.39, 0.29) is 0 Å². The fraction of sp³-hybridized carbons (Fsp3) is 0. The van der Waals surface area contributed by atoms with E-state index in [9.17, 15) is 0 Å². The van der Waals surface area contributed by atoms with E-state index >= 15 is 0 Å². The first-order chi connectivity index (χ1) is 8.20. The zero-order chi connectivity index (χ0) is 12.3. The van der Waals surface area contributed by atoms with E-state index in [1.807, 2.05) is 36.4 Å². The molecular formula is C13H7Br2NS. The van der Waals surface area contributed by atoms with Crippen molar-refractivity contribution in [2.24, 2.45) is 0 Å². The topological polar surface area (TPSA) is 23.8 Å². The van der Waals surface area contributed by atoms with Gasteiger partial charge in [0.1, 0.15) is 6.07 Å². The van der Waals surface area contributed by atoms with Gasteiger partial charge in [0.15, 0.2) is 0 Å². The minimum absolute atomic E-state index is 0.654. The van der Waals surface area contributed by atoms with Gasteiger partial charge in [-0.3, -0.25) is 0 Å². The lowest BCUT2D eigenvalue weighted by Gasteiger charge is -2.05. The highest BCUT2D eigenvalue weighted by atomic mass is 79.9. The monoisotopic (exact) mass is 367 g/mol. The quantitative estimate of drug-likeness (QED) is 0.724. The highest BCUT2D eigenvalue weighted by Crippen LogP contribution is 2.34. The number of benzene rings is 2. The smallest absolute Gasteiger partial charge is 0.100 e. The van der Waals surface area contributed by atoms with Crippen LogP contribution in [-0.2, 0) is 0 Å². The molecule has 2 rings (SSSR count). The maximum Gasteiger partial charge on any atom is 0.100 e. The van der Waals surface area contributed by atoms with Gasteiger partial charge in [-0.1, -0.05) is 23.9 Å². The van der Waals surface area contributed by atoms with Gasteiger partial charge in [-0.05, 0) is 62.2 Å². The number of hydrogen-bond acceptors (Lipinski definition) is 2. The zero-order valence-electron chi connectivity index (χ0n) is 8.65. The first-order valence-electron chi connectivity index (χ1n) is 4.83. The van der Waals surface area contributed by atoms with Crippen LogP contribution in [0.2, 0.25) is 0 Å². The predicted molar refractivity (Wildman–Crippen MR) is 77.1 cm³/mol. The SMILES string of the molecule is N#Cc1ccc(Sc2ccccc2Br)cc1Br. The summed E-state index contributed by atoms with van der Waals surface area (Å²) in [6.07, 6.45) is 0. The molecular weight excluding hydrogens is 362 g/mol. The Labute approximate surface area is 121 Å². The Morgan fingerprint density at radius 3 is 2.41 bits per heavy atom. The second-order valence-corrected chi connectivity index (χ2v) is 6.11. The summed E-state index contributed by atoms with van der Waals surface area (Å²) in [6.45, 7) is 0. The Bertz CT molecular complexity index is 590. The molecule has 0 bridgehead atoms. The summed E-state index contributed by atoms with van der Waals surface area (Å²) in [5, 5.41) is 8.85. The molecule has 0 spiro atoms. The molecule has 0 saturated carbocycles. The molecule has 0 fully saturated rings. The largest absolute Gasteiger partial charge is 0.192 e. The van der Waals surface area contributed by atoms with E-state index in [0.717, 1.165) is 18.7 Å². The molecule has 0 N–H and O–H groups in total. The summed E-state index contributed by atoms with van der Waals surface area (Å²) in [6, 6.07) is 15.9. The van der Waals surface area contributed by atoms with Gasteiger partial charge >= 0.3 is 0 Å². The molecule has 0 aromatic heterocycles. The maximum absolute atomic E-state index is 8.85. The lowest BCUT2D eigenvalue weighted by molar-refractivity contribution is 1.35. The summed E-state index contributed by atoms with van der Waals surface area (Å²) in [4.78, 5) is 2.26. The summed E-state index contributed by atoms with van der Waals surface area (Å²) in [5.41, 5.74) is 0.654. The van der Waals surface area contributed by atoms with Gasteiger partial charge in [0, 0.05) is 18.7 Å². The molecule has 0 aliphatic heterocycles. The van der Waals surface area contributed by atoms with Crippen LogP contribution in [0, 0.1) is 11.3 Å². The van der Waals surface area contributed by atoms with Crippen LogP contribution in [0.5, 0.6) is 0 Å². The van der Waals surface area contributed by atoms with E-state index in [2.05, 4.69) is 44.0 Å². The Morgan fingerprint density at radius 1 is 1.00 bits per heavy atom. The molecule has 0 aliphatic carbocycles. The Balaban J connectivity index is 2.29.